The second kappa shape index (κ2) is 6.89. The van der Waals surface area contributed by atoms with Crippen LogP contribution in [-0.4, -0.2) is 35.6 Å². The number of piperidine rings is 1. The summed E-state index contributed by atoms with van der Waals surface area (Å²) in [5.74, 6) is 3.45. The predicted octanol–water partition coefficient (Wildman–Crippen LogP) is 5.18. The second-order valence-corrected chi connectivity index (χ2v) is 8.73. The summed E-state index contributed by atoms with van der Waals surface area (Å²) < 4.78 is 6.11. The molecule has 2 fully saturated rings. The molecule has 0 amide bonds. The van der Waals surface area contributed by atoms with Crippen molar-refractivity contribution in [1.82, 2.24) is 9.88 Å². The third-order valence-electron chi connectivity index (χ3n) is 6.59. The van der Waals surface area contributed by atoms with E-state index in [0.717, 1.165) is 41.3 Å². The van der Waals surface area contributed by atoms with Crippen LogP contribution in [-0.2, 0) is 0 Å². The maximum absolute atomic E-state index is 6.11. The van der Waals surface area contributed by atoms with Crippen molar-refractivity contribution in [2.45, 2.75) is 26.8 Å². The number of ether oxygens (including phenoxy) is 1. The number of hydrogen-bond acceptors (Lipinski definition) is 3. The zero-order chi connectivity index (χ0) is 19.3. The zero-order valence-corrected chi connectivity index (χ0v) is 16.9. The van der Waals surface area contributed by atoms with Crippen LogP contribution in [0, 0.1) is 24.7 Å². The van der Waals surface area contributed by atoms with Gasteiger partial charge in [0.25, 0.3) is 0 Å². The Labute approximate surface area is 167 Å². The Bertz CT molecular complexity index is 983. The second-order valence-electron chi connectivity index (χ2n) is 8.73. The smallest absolute Gasteiger partial charge is 0.119 e. The van der Waals surface area contributed by atoms with Gasteiger partial charge in [0.15, 0.2) is 0 Å². The monoisotopic (exact) mass is 372 g/mol. The molecular formula is C25H28N2O. The van der Waals surface area contributed by atoms with Crippen LogP contribution < -0.4 is 4.74 Å². The molecule has 3 heteroatoms. The summed E-state index contributed by atoms with van der Waals surface area (Å²) in [6, 6.07) is 19.9. The van der Waals surface area contributed by atoms with Gasteiger partial charge in [-0.25, -0.2) is 0 Å². The first-order valence-corrected chi connectivity index (χ1v) is 10.4. The molecule has 5 rings (SSSR count). The van der Waals surface area contributed by atoms with Gasteiger partial charge in [-0.05, 0) is 74.1 Å². The number of likely N-dealkylation sites (tertiary alicyclic amines) is 1. The lowest BCUT2D eigenvalue weighted by Gasteiger charge is -2.23. The first kappa shape index (κ1) is 17.7. The van der Waals surface area contributed by atoms with Crippen molar-refractivity contribution in [1.29, 1.82) is 0 Å². The number of nitrogens with zero attached hydrogens (tertiary/aromatic N) is 2. The fourth-order valence-electron chi connectivity index (χ4n) is 4.69. The minimum Gasteiger partial charge on any atom is -0.493 e. The van der Waals surface area contributed by atoms with E-state index in [1.165, 1.54) is 29.6 Å². The normalized spacial score (nSPS) is 23.9. The number of hydrogen-bond donors (Lipinski definition) is 0. The molecule has 1 aliphatic heterocycles. The Morgan fingerprint density at radius 2 is 1.68 bits per heavy atom. The molecule has 2 atom stereocenters. The molecule has 1 saturated carbocycles. The molecule has 1 saturated heterocycles. The quantitative estimate of drug-likeness (QED) is 0.617. The Balaban J connectivity index is 1.21. The van der Waals surface area contributed by atoms with Gasteiger partial charge in [0.05, 0.1) is 12.1 Å². The van der Waals surface area contributed by atoms with E-state index >= 15 is 0 Å². The maximum Gasteiger partial charge on any atom is 0.119 e. The van der Waals surface area contributed by atoms with E-state index in [-0.39, 0.29) is 0 Å². The highest BCUT2D eigenvalue weighted by Crippen LogP contribution is 2.52. The highest BCUT2D eigenvalue weighted by atomic mass is 16.5. The van der Waals surface area contributed by atoms with Crippen LogP contribution in [0.4, 0.5) is 0 Å². The fourth-order valence-corrected chi connectivity index (χ4v) is 4.69. The number of rotatable bonds is 5. The average Bonchev–Trinajstić information content (AvgIpc) is 3.14. The zero-order valence-electron chi connectivity index (χ0n) is 16.9. The highest BCUT2D eigenvalue weighted by Gasteiger charge is 2.56. The number of fused-ring (bicyclic) bond motifs is 2. The van der Waals surface area contributed by atoms with Crippen LogP contribution in [0.2, 0.25) is 0 Å². The molecule has 2 unspecified atom stereocenters. The SMILES string of the molecule is Cc1ccc2cc(-c3ccc(OCC4C5CN(C(C)C)CC45)cc3)ccc2n1. The molecule has 3 nitrogen and oxygen atoms in total. The molecule has 2 aliphatic rings. The van der Waals surface area contributed by atoms with Gasteiger partial charge < -0.3 is 9.64 Å². The minimum absolute atomic E-state index is 0.678. The number of aryl methyl sites for hydroxylation is 1. The molecule has 0 spiro atoms. The largest absolute Gasteiger partial charge is 0.493 e. The van der Waals surface area contributed by atoms with Crippen LogP contribution in [0.25, 0.3) is 22.0 Å². The fraction of sp³-hybridized carbons (Fsp3) is 0.400. The summed E-state index contributed by atoms with van der Waals surface area (Å²) in [4.78, 5) is 7.18. The molecule has 144 valence electrons. The Kier molecular flexibility index (Phi) is 4.36. The van der Waals surface area contributed by atoms with E-state index < -0.39 is 0 Å². The molecule has 0 bridgehead atoms. The molecular weight excluding hydrogens is 344 g/mol. The van der Waals surface area contributed by atoms with Gasteiger partial charge in [0.1, 0.15) is 5.75 Å². The van der Waals surface area contributed by atoms with Crippen molar-refractivity contribution in [2.24, 2.45) is 17.8 Å². The first-order valence-electron chi connectivity index (χ1n) is 10.4. The number of pyridine rings is 1. The molecule has 1 aromatic heterocycles. The van der Waals surface area contributed by atoms with Gasteiger partial charge in [-0.2, -0.15) is 0 Å². The van der Waals surface area contributed by atoms with Crippen molar-refractivity contribution < 1.29 is 4.74 Å². The summed E-state index contributed by atoms with van der Waals surface area (Å²) in [6.07, 6.45) is 0. The van der Waals surface area contributed by atoms with Crippen molar-refractivity contribution in [3.63, 3.8) is 0 Å². The van der Waals surface area contributed by atoms with Crippen LogP contribution in [0.1, 0.15) is 19.5 Å². The van der Waals surface area contributed by atoms with E-state index in [4.69, 9.17) is 4.74 Å². The summed E-state index contributed by atoms with van der Waals surface area (Å²) in [6.45, 7) is 10.00. The predicted molar refractivity (Wildman–Crippen MR) is 115 cm³/mol. The lowest BCUT2D eigenvalue weighted by molar-refractivity contribution is 0.206. The van der Waals surface area contributed by atoms with E-state index in [2.05, 4.69) is 78.3 Å². The summed E-state index contributed by atoms with van der Waals surface area (Å²) >= 11 is 0. The van der Waals surface area contributed by atoms with Crippen molar-refractivity contribution in [3.8, 4) is 16.9 Å². The highest BCUT2D eigenvalue weighted by molar-refractivity contribution is 5.84. The van der Waals surface area contributed by atoms with E-state index in [1.54, 1.807) is 0 Å². The van der Waals surface area contributed by atoms with Crippen molar-refractivity contribution >= 4 is 10.9 Å². The van der Waals surface area contributed by atoms with Crippen molar-refractivity contribution in [3.05, 3.63) is 60.3 Å². The first-order chi connectivity index (χ1) is 13.6. The summed E-state index contributed by atoms with van der Waals surface area (Å²) in [7, 11) is 0. The van der Waals surface area contributed by atoms with Gasteiger partial charge in [-0.1, -0.05) is 24.3 Å². The van der Waals surface area contributed by atoms with Crippen LogP contribution in [0.5, 0.6) is 5.75 Å². The molecule has 28 heavy (non-hydrogen) atoms. The lowest BCUT2D eigenvalue weighted by atomic mass is 10.0. The third-order valence-corrected chi connectivity index (χ3v) is 6.59. The lowest BCUT2D eigenvalue weighted by Crippen LogP contribution is -2.31. The molecule has 1 aliphatic carbocycles. The van der Waals surface area contributed by atoms with Gasteiger partial charge in [-0.15, -0.1) is 0 Å². The van der Waals surface area contributed by atoms with E-state index in [0.29, 0.717) is 6.04 Å². The third kappa shape index (κ3) is 3.29. The van der Waals surface area contributed by atoms with E-state index in [1.807, 2.05) is 6.92 Å². The standard InChI is InChI=1S/C25H28N2O/c1-16(2)27-13-22-23(14-27)24(22)15-28-21-9-6-18(7-10-21)19-8-11-25-20(12-19)5-4-17(3)26-25/h4-12,16,22-24H,13-15H2,1-3H3. The molecule has 3 aromatic rings. The molecule has 0 radical (unpaired) electrons. The molecule has 0 N–H and O–H groups in total. The maximum atomic E-state index is 6.11. The van der Waals surface area contributed by atoms with E-state index in [9.17, 15) is 0 Å². The Hall–Kier alpha value is -2.39. The minimum atomic E-state index is 0.678. The van der Waals surface area contributed by atoms with Crippen LogP contribution >= 0.6 is 0 Å². The van der Waals surface area contributed by atoms with Crippen LogP contribution in [0.3, 0.4) is 0 Å². The van der Waals surface area contributed by atoms with Gasteiger partial charge in [-0.3, -0.25) is 4.98 Å². The Morgan fingerprint density at radius 1 is 0.964 bits per heavy atom. The van der Waals surface area contributed by atoms with Crippen molar-refractivity contribution in [2.75, 3.05) is 19.7 Å². The van der Waals surface area contributed by atoms with Gasteiger partial charge >= 0.3 is 0 Å². The summed E-state index contributed by atoms with van der Waals surface area (Å²) in [5.41, 5.74) is 4.54. The van der Waals surface area contributed by atoms with Gasteiger partial charge in [0, 0.05) is 36.1 Å². The molecule has 2 heterocycles. The Morgan fingerprint density at radius 3 is 2.39 bits per heavy atom. The number of benzene rings is 2. The summed E-state index contributed by atoms with van der Waals surface area (Å²) in [5, 5.41) is 1.18. The van der Waals surface area contributed by atoms with Gasteiger partial charge in [0.2, 0.25) is 0 Å². The molecule has 2 aromatic carbocycles. The topological polar surface area (TPSA) is 25.4 Å². The van der Waals surface area contributed by atoms with Crippen LogP contribution in [0.15, 0.2) is 54.6 Å². The number of aromatic nitrogens is 1. The average molecular weight is 373 g/mol.